The summed E-state index contributed by atoms with van der Waals surface area (Å²) in [6.45, 7) is 0.159. The van der Waals surface area contributed by atoms with E-state index in [0.29, 0.717) is 0 Å². The van der Waals surface area contributed by atoms with Crippen LogP contribution < -0.4 is 10.5 Å². The summed E-state index contributed by atoms with van der Waals surface area (Å²) >= 11 is 5.82. The average Bonchev–Trinajstić information content (AvgIpc) is 2.18. The van der Waals surface area contributed by atoms with E-state index in [0.717, 1.165) is 6.07 Å². The van der Waals surface area contributed by atoms with E-state index in [1.165, 1.54) is 13.2 Å². The Morgan fingerprint density at radius 2 is 2.27 bits per heavy atom. The number of ether oxygens (including phenoxy) is 1. The van der Waals surface area contributed by atoms with Gasteiger partial charge in [0.15, 0.2) is 5.78 Å². The Morgan fingerprint density at radius 1 is 1.60 bits per heavy atom. The van der Waals surface area contributed by atoms with Crippen LogP contribution in [0.5, 0.6) is 5.75 Å². The number of carbonyl (C=O) groups is 1. The van der Waals surface area contributed by atoms with Gasteiger partial charge in [-0.05, 0) is 18.7 Å². The minimum atomic E-state index is -0.653. The first-order chi connectivity index (χ1) is 7.11. The maximum absolute atomic E-state index is 13.3. The van der Waals surface area contributed by atoms with Crippen molar-refractivity contribution < 1.29 is 13.9 Å². The van der Waals surface area contributed by atoms with Crippen molar-refractivity contribution in [2.45, 2.75) is 6.42 Å². The smallest absolute Gasteiger partial charge is 0.168 e. The molecule has 0 spiro atoms. The third-order valence-corrected chi connectivity index (χ3v) is 2.30. The first kappa shape index (κ1) is 11.9. The number of halogens is 2. The fourth-order valence-corrected chi connectivity index (χ4v) is 1.54. The molecule has 0 aromatic heterocycles. The standard InChI is InChI=1S/C10H11ClFNO2/c1-15-8-3-2-6(12)9(10(8)11)7(14)4-5-13/h2-3H,4-5,13H2,1H3. The number of hydrogen-bond donors (Lipinski definition) is 1. The Balaban J connectivity index is 3.20. The summed E-state index contributed by atoms with van der Waals surface area (Å²) in [5, 5.41) is -0.00375. The number of Topliss-reactive ketones (excluding diaryl/α,β-unsaturated/α-hetero) is 1. The van der Waals surface area contributed by atoms with Gasteiger partial charge in [-0.1, -0.05) is 11.6 Å². The summed E-state index contributed by atoms with van der Waals surface area (Å²) < 4.78 is 18.2. The zero-order valence-corrected chi connectivity index (χ0v) is 8.97. The van der Waals surface area contributed by atoms with Gasteiger partial charge in [0.2, 0.25) is 0 Å². The third-order valence-electron chi connectivity index (χ3n) is 1.93. The van der Waals surface area contributed by atoms with Gasteiger partial charge in [0, 0.05) is 6.42 Å². The molecule has 5 heteroatoms. The molecule has 0 bridgehead atoms. The molecule has 0 saturated carbocycles. The van der Waals surface area contributed by atoms with Crippen LogP contribution in [0.2, 0.25) is 5.02 Å². The molecule has 0 atom stereocenters. The molecular formula is C10H11ClFNO2. The van der Waals surface area contributed by atoms with Gasteiger partial charge in [0.1, 0.15) is 11.6 Å². The van der Waals surface area contributed by atoms with Crippen molar-refractivity contribution >= 4 is 17.4 Å². The molecule has 3 nitrogen and oxygen atoms in total. The van der Waals surface area contributed by atoms with Gasteiger partial charge >= 0.3 is 0 Å². The monoisotopic (exact) mass is 231 g/mol. The number of ketones is 1. The molecule has 0 aliphatic carbocycles. The zero-order chi connectivity index (χ0) is 11.4. The van der Waals surface area contributed by atoms with Gasteiger partial charge < -0.3 is 10.5 Å². The Bertz CT molecular complexity index is 382. The van der Waals surface area contributed by atoms with E-state index in [9.17, 15) is 9.18 Å². The minimum absolute atomic E-state index is 0.00375. The van der Waals surface area contributed by atoms with E-state index in [2.05, 4.69) is 0 Å². The number of rotatable bonds is 4. The SMILES string of the molecule is COc1ccc(F)c(C(=O)CCN)c1Cl. The fourth-order valence-electron chi connectivity index (χ4n) is 1.20. The molecule has 0 radical (unpaired) electrons. The molecule has 0 unspecified atom stereocenters. The van der Waals surface area contributed by atoms with E-state index in [-0.39, 0.29) is 29.3 Å². The average molecular weight is 232 g/mol. The molecule has 1 aromatic rings. The van der Waals surface area contributed by atoms with Crippen LogP contribution in [0, 0.1) is 5.82 Å². The van der Waals surface area contributed by atoms with E-state index in [4.69, 9.17) is 22.1 Å². The van der Waals surface area contributed by atoms with Gasteiger partial charge in [0.05, 0.1) is 17.7 Å². The Morgan fingerprint density at radius 3 is 2.80 bits per heavy atom. The number of carbonyl (C=O) groups excluding carboxylic acids is 1. The summed E-state index contributed by atoms with van der Waals surface area (Å²) in [6, 6.07) is 2.52. The molecule has 0 fully saturated rings. The number of methoxy groups -OCH3 is 1. The molecule has 0 saturated heterocycles. The zero-order valence-electron chi connectivity index (χ0n) is 8.22. The molecular weight excluding hydrogens is 221 g/mol. The van der Waals surface area contributed by atoms with Gasteiger partial charge in [0.25, 0.3) is 0 Å². The molecule has 0 amide bonds. The maximum atomic E-state index is 13.3. The van der Waals surface area contributed by atoms with Crippen LogP contribution >= 0.6 is 11.6 Å². The molecule has 0 aliphatic heterocycles. The van der Waals surface area contributed by atoms with Gasteiger partial charge in [-0.15, -0.1) is 0 Å². The van der Waals surface area contributed by atoms with Crippen molar-refractivity contribution in [3.63, 3.8) is 0 Å². The van der Waals surface area contributed by atoms with E-state index in [1.54, 1.807) is 0 Å². The van der Waals surface area contributed by atoms with Crippen molar-refractivity contribution in [3.05, 3.63) is 28.5 Å². The highest BCUT2D eigenvalue weighted by Gasteiger charge is 2.18. The number of benzene rings is 1. The second-order valence-corrected chi connectivity index (χ2v) is 3.28. The molecule has 15 heavy (non-hydrogen) atoms. The van der Waals surface area contributed by atoms with Gasteiger partial charge in [-0.25, -0.2) is 4.39 Å². The lowest BCUT2D eigenvalue weighted by Gasteiger charge is -2.08. The molecule has 2 N–H and O–H groups in total. The predicted molar refractivity (Wildman–Crippen MR) is 56.0 cm³/mol. The first-order valence-corrected chi connectivity index (χ1v) is 4.74. The molecule has 0 aliphatic rings. The van der Waals surface area contributed by atoms with Crippen LogP contribution in [0.1, 0.15) is 16.8 Å². The summed E-state index contributed by atoms with van der Waals surface area (Å²) in [4.78, 5) is 11.5. The molecule has 1 rings (SSSR count). The largest absolute Gasteiger partial charge is 0.495 e. The van der Waals surface area contributed by atoms with E-state index in [1.807, 2.05) is 0 Å². The fraction of sp³-hybridized carbons (Fsp3) is 0.300. The quantitative estimate of drug-likeness (QED) is 0.807. The number of hydrogen-bond acceptors (Lipinski definition) is 3. The number of nitrogens with two attached hydrogens (primary N) is 1. The highest BCUT2D eigenvalue weighted by Crippen LogP contribution is 2.30. The van der Waals surface area contributed by atoms with Crippen LogP contribution in [-0.2, 0) is 0 Å². The van der Waals surface area contributed by atoms with Crippen LogP contribution in [-0.4, -0.2) is 19.4 Å². The lowest BCUT2D eigenvalue weighted by molar-refractivity contribution is 0.0981. The van der Waals surface area contributed by atoms with E-state index < -0.39 is 11.6 Å². The van der Waals surface area contributed by atoms with Crippen LogP contribution in [0.15, 0.2) is 12.1 Å². The van der Waals surface area contributed by atoms with Crippen LogP contribution in [0.3, 0.4) is 0 Å². The third kappa shape index (κ3) is 2.46. The summed E-state index contributed by atoms with van der Waals surface area (Å²) in [7, 11) is 1.40. The molecule has 0 heterocycles. The molecule has 1 aromatic carbocycles. The predicted octanol–water partition coefficient (Wildman–Crippen LogP) is 2.02. The lowest BCUT2D eigenvalue weighted by atomic mass is 10.1. The second kappa shape index (κ2) is 5.09. The Kier molecular flexibility index (Phi) is 4.05. The van der Waals surface area contributed by atoms with Gasteiger partial charge in [-0.3, -0.25) is 4.79 Å². The lowest BCUT2D eigenvalue weighted by Crippen LogP contribution is -2.10. The summed E-state index contributed by atoms with van der Waals surface area (Å²) in [6.07, 6.45) is 0.0593. The first-order valence-electron chi connectivity index (χ1n) is 4.37. The molecule has 82 valence electrons. The van der Waals surface area contributed by atoms with Crippen molar-refractivity contribution in [2.75, 3.05) is 13.7 Å². The Hall–Kier alpha value is -1.13. The summed E-state index contributed by atoms with van der Waals surface area (Å²) in [5.41, 5.74) is 5.07. The van der Waals surface area contributed by atoms with Crippen LogP contribution in [0.4, 0.5) is 4.39 Å². The van der Waals surface area contributed by atoms with Crippen molar-refractivity contribution in [3.8, 4) is 5.75 Å². The van der Waals surface area contributed by atoms with Crippen LogP contribution in [0.25, 0.3) is 0 Å². The second-order valence-electron chi connectivity index (χ2n) is 2.90. The maximum Gasteiger partial charge on any atom is 0.168 e. The van der Waals surface area contributed by atoms with Gasteiger partial charge in [-0.2, -0.15) is 0 Å². The minimum Gasteiger partial charge on any atom is -0.495 e. The van der Waals surface area contributed by atoms with Crippen molar-refractivity contribution in [1.82, 2.24) is 0 Å². The topological polar surface area (TPSA) is 52.3 Å². The highest BCUT2D eigenvalue weighted by atomic mass is 35.5. The Labute approximate surface area is 92.0 Å². The van der Waals surface area contributed by atoms with E-state index >= 15 is 0 Å². The van der Waals surface area contributed by atoms with Crippen molar-refractivity contribution in [1.29, 1.82) is 0 Å². The van der Waals surface area contributed by atoms with Crippen molar-refractivity contribution in [2.24, 2.45) is 5.73 Å². The normalized spacial score (nSPS) is 10.1. The highest BCUT2D eigenvalue weighted by molar-refractivity contribution is 6.35. The summed E-state index contributed by atoms with van der Waals surface area (Å²) in [5.74, 6) is -0.795.